The summed E-state index contributed by atoms with van der Waals surface area (Å²) >= 11 is 0. The summed E-state index contributed by atoms with van der Waals surface area (Å²) in [5.41, 5.74) is 2.49. The predicted octanol–water partition coefficient (Wildman–Crippen LogP) is 2.08. The second kappa shape index (κ2) is 9.77. The fourth-order valence-corrected chi connectivity index (χ4v) is 6.00. The van der Waals surface area contributed by atoms with Gasteiger partial charge in [-0.15, -0.1) is 0 Å². The number of ether oxygens (including phenoxy) is 2. The normalized spacial score (nSPS) is 19.5. The summed E-state index contributed by atoms with van der Waals surface area (Å²) in [6, 6.07) is 15.0. The average molecular weight is 484 g/mol. The molecule has 9 heteroatoms. The van der Waals surface area contributed by atoms with Crippen LogP contribution in [0, 0.1) is 0 Å². The van der Waals surface area contributed by atoms with E-state index in [2.05, 4.69) is 18.2 Å². The Morgan fingerprint density at radius 3 is 2.32 bits per heavy atom. The summed E-state index contributed by atoms with van der Waals surface area (Å²) in [4.78, 5) is 17.0. The number of rotatable bonds is 5. The van der Waals surface area contributed by atoms with Gasteiger partial charge in [0.15, 0.2) is 11.5 Å². The Balaban J connectivity index is 1.14. The number of carbonyl (C=O) groups excluding carboxylic acids is 1. The van der Waals surface area contributed by atoms with Crippen LogP contribution in [0.25, 0.3) is 5.57 Å². The molecular weight excluding hydrogens is 454 g/mol. The molecule has 0 spiro atoms. The van der Waals surface area contributed by atoms with Crippen molar-refractivity contribution in [2.24, 2.45) is 0 Å². The molecular formula is C25H29N3O5S. The minimum atomic E-state index is -3.63. The molecule has 2 aromatic carbocycles. The number of hydrogen-bond donors (Lipinski definition) is 0. The number of fused-ring (bicyclic) bond motifs is 1. The maximum absolute atomic E-state index is 13.1. The minimum absolute atomic E-state index is 0.0894. The van der Waals surface area contributed by atoms with E-state index in [1.807, 2.05) is 28.0 Å². The second-order valence-corrected chi connectivity index (χ2v) is 10.6. The number of sulfonamides is 1. The molecule has 0 unspecified atom stereocenters. The van der Waals surface area contributed by atoms with Gasteiger partial charge in [0, 0.05) is 45.3 Å². The SMILES string of the molecule is O=C(CN1CCN(S(=O)(=O)c2ccc3c(c2)OCCO3)CC1)N1CC=C(c2ccccc2)CC1. The maximum Gasteiger partial charge on any atom is 0.243 e. The highest BCUT2D eigenvalue weighted by Crippen LogP contribution is 2.33. The van der Waals surface area contributed by atoms with Crippen LogP contribution in [0.2, 0.25) is 0 Å². The van der Waals surface area contributed by atoms with E-state index in [1.165, 1.54) is 21.5 Å². The number of amides is 1. The highest BCUT2D eigenvalue weighted by Gasteiger charge is 2.31. The summed E-state index contributed by atoms with van der Waals surface area (Å²) in [7, 11) is -3.63. The van der Waals surface area contributed by atoms with Crippen molar-refractivity contribution in [3.63, 3.8) is 0 Å². The number of carbonyl (C=O) groups is 1. The van der Waals surface area contributed by atoms with Gasteiger partial charge < -0.3 is 14.4 Å². The zero-order valence-electron chi connectivity index (χ0n) is 19.1. The zero-order chi connectivity index (χ0) is 23.5. The lowest BCUT2D eigenvalue weighted by Gasteiger charge is -2.35. The Kier molecular flexibility index (Phi) is 6.58. The maximum atomic E-state index is 13.1. The lowest BCUT2D eigenvalue weighted by molar-refractivity contribution is -0.132. The highest BCUT2D eigenvalue weighted by molar-refractivity contribution is 7.89. The van der Waals surface area contributed by atoms with Crippen LogP contribution in [0.1, 0.15) is 12.0 Å². The van der Waals surface area contributed by atoms with Gasteiger partial charge in [-0.3, -0.25) is 9.69 Å². The fourth-order valence-electron chi connectivity index (χ4n) is 4.56. The number of nitrogens with zero attached hydrogens (tertiary/aromatic N) is 3. The van der Waals surface area contributed by atoms with Crippen molar-refractivity contribution in [1.29, 1.82) is 0 Å². The average Bonchev–Trinajstić information content (AvgIpc) is 2.89. The van der Waals surface area contributed by atoms with Crippen LogP contribution in [0.4, 0.5) is 0 Å². The van der Waals surface area contributed by atoms with Crippen molar-refractivity contribution in [1.82, 2.24) is 14.1 Å². The molecule has 34 heavy (non-hydrogen) atoms. The van der Waals surface area contributed by atoms with Crippen LogP contribution >= 0.6 is 0 Å². The standard InChI is InChI=1S/C25H29N3O5S/c29-25(27-10-8-21(9-11-27)20-4-2-1-3-5-20)19-26-12-14-28(15-13-26)34(30,31)22-6-7-23-24(18-22)33-17-16-32-23/h1-8,18H,9-17,19H2. The van der Waals surface area contributed by atoms with Crippen LogP contribution in [-0.4, -0.2) is 87.5 Å². The minimum Gasteiger partial charge on any atom is -0.486 e. The molecule has 5 rings (SSSR count). The van der Waals surface area contributed by atoms with Gasteiger partial charge in [-0.2, -0.15) is 4.31 Å². The van der Waals surface area contributed by atoms with E-state index >= 15 is 0 Å². The first-order valence-corrected chi connectivity index (χ1v) is 13.1. The topological polar surface area (TPSA) is 79.4 Å². The Morgan fingerprint density at radius 2 is 1.62 bits per heavy atom. The van der Waals surface area contributed by atoms with Gasteiger partial charge in [0.25, 0.3) is 0 Å². The van der Waals surface area contributed by atoms with Gasteiger partial charge in [0.1, 0.15) is 13.2 Å². The lowest BCUT2D eigenvalue weighted by atomic mass is 9.99. The van der Waals surface area contributed by atoms with E-state index in [0.717, 1.165) is 6.42 Å². The number of benzene rings is 2. The fraction of sp³-hybridized carbons (Fsp3) is 0.400. The quantitative estimate of drug-likeness (QED) is 0.648. The smallest absolute Gasteiger partial charge is 0.243 e. The molecule has 0 radical (unpaired) electrons. The van der Waals surface area contributed by atoms with Crippen LogP contribution in [0.3, 0.4) is 0 Å². The van der Waals surface area contributed by atoms with Crippen molar-refractivity contribution in [3.8, 4) is 11.5 Å². The molecule has 1 amide bonds. The largest absolute Gasteiger partial charge is 0.486 e. The summed E-state index contributed by atoms with van der Waals surface area (Å²) in [6.45, 7) is 4.24. The number of hydrogen-bond acceptors (Lipinski definition) is 6. The summed E-state index contributed by atoms with van der Waals surface area (Å²) in [5.74, 6) is 1.12. The Labute approximate surface area is 200 Å². The molecule has 1 saturated heterocycles. The first-order valence-electron chi connectivity index (χ1n) is 11.6. The second-order valence-electron chi connectivity index (χ2n) is 8.67. The van der Waals surface area contributed by atoms with Crippen molar-refractivity contribution < 1.29 is 22.7 Å². The van der Waals surface area contributed by atoms with E-state index in [9.17, 15) is 13.2 Å². The molecule has 180 valence electrons. The molecule has 0 N–H and O–H groups in total. The molecule has 8 nitrogen and oxygen atoms in total. The molecule has 0 bridgehead atoms. The molecule has 0 atom stereocenters. The molecule has 3 aliphatic rings. The Hall–Kier alpha value is -2.88. The van der Waals surface area contributed by atoms with Gasteiger partial charge in [-0.25, -0.2) is 8.42 Å². The highest BCUT2D eigenvalue weighted by atomic mass is 32.2. The first-order chi connectivity index (χ1) is 16.5. The lowest BCUT2D eigenvalue weighted by Crippen LogP contribution is -2.51. The van der Waals surface area contributed by atoms with E-state index in [1.54, 1.807) is 12.1 Å². The van der Waals surface area contributed by atoms with E-state index in [4.69, 9.17) is 9.47 Å². The summed E-state index contributed by atoms with van der Waals surface area (Å²) < 4.78 is 38.8. The van der Waals surface area contributed by atoms with Crippen LogP contribution in [0.15, 0.2) is 59.5 Å². The molecule has 1 fully saturated rings. The molecule has 0 aromatic heterocycles. The third-order valence-electron chi connectivity index (χ3n) is 6.55. The van der Waals surface area contributed by atoms with Crippen LogP contribution < -0.4 is 9.47 Å². The molecule has 3 heterocycles. The van der Waals surface area contributed by atoms with Crippen molar-refractivity contribution in [3.05, 3.63) is 60.2 Å². The molecule has 0 aliphatic carbocycles. The van der Waals surface area contributed by atoms with Crippen molar-refractivity contribution in [2.75, 3.05) is 59.0 Å². The van der Waals surface area contributed by atoms with Gasteiger partial charge in [0.05, 0.1) is 11.4 Å². The predicted molar refractivity (Wildman–Crippen MR) is 128 cm³/mol. The van der Waals surface area contributed by atoms with E-state index in [0.29, 0.717) is 70.5 Å². The Morgan fingerprint density at radius 1 is 0.882 bits per heavy atom. The van der Waals surface area contributed by atoms with Gasteiger partial charge in [-0.05, 0) is 29.7 Å². The molecule has 0 saturated carbocycles. The van der Waals surface area contributed by atoms with Gasteiger partial charge >= 0.3 is 0 Å². The van der Waals surface area contributed by atoms with Gasteiger partial charge in [-0.1, -0.05) is 36.4 Å². The van der Waals surface area contributed by atoms with E-state index < -0.39 is 10.0 Å². The van der Waals surface area contributed by atoms with Crippen molar-refractivity contribution >= 4 is 21.5 Å². The van der Waals surface area contributed by atoms with Gasteiger partial charge in [0.2, 0.25) is 15.9 Å². The van der Waals surface area contributed by atoms with E-state index in [-0.39, 0.29) is 10.8 Å². The number of piperazine rings is 1. The van der Waals surface area contributed by atoms with Crippen LogP contribution in [0.5, 0.6) is 11.5 Å². The summed E-state index contributed by atoms with van der Waals surface area (Å²) in [6.07, 6.45) is 2.98. The molecule has 3 aliphatic heterocycles. The monoisotopic (exact) mass is 483 g/mol. The zero-order valence-corrected chi connectivity index (χ0v) is 19.9. The Bertz CT molecular complexity index is 1170. The first kappa shape index (κ1) is 22.9. The van der Waals surface area contributed by atoms with Crippen LogP contribution in [-0.2, 0) is 14.8 Å². The summed E-state index contributed by atoms with van der Waals surface area (Å²) in [5, 5.41) is 0. The third kappa shape index (κ3) is 4.82. The third-order valence-corrected chi connectivity index (χ3v) is 8.44. The molecule has 2 aromatic rings. The van der Waals surface area contributed by atoms with Crippen molar-refractivity contribution in [2.45, 2.75) is 11.3 Å².